The predicted molar refractivity (Wildman–Crippen MR) is 104 cm³/mol. The molecule has 0 aromatic rings. The van der Waals surface area contributed by atoms with Crippen LogP contribution >= 0.6 is 0 Å². The number of nitrogens with one attached hydrogen (secondary N) is 2. The van der Waals surface area contributed by atoms with E-state index in [1.807, 2.05) is 7.05 Å². The number of nitrogens with zero attached hydrogens (tertiary/aromatic N) is 3. The van der Waals surface area contributed by atoms with Crippen molar-refractivity contribution in [3.63, 3.8) is 0 Å². The fraction of sp³-hybridized carbons (Fsp3) is 0.947. The Morgan fingerprint density at radius 1 is 1.04 bits per heavy atom. The molecule has 24 heavy (non-hydrogen) atoms. The molecule has 2 unspecified atom stereocenters. The molecule has 0 bridgehead atoms. The molecule has 2 saturated heterocycles. The van der Waals surface area contributed by atoms with Crippen molar-refractivity contribution < 1.29 is 0 Å². The molecule has 2 fully saturated rings. The molecule has 0 radical (unpaired) electrons. The largest absolute Gasteiger partial charge is 0.355 e. The quantitative estimate of drug-likeness (QED) is 0.576. The third kappa shape index (κ3) is 5.92. The summed E-state index contributed by atoms with van der Waals surface area (Å²) in [5.74, 6) is 1.62. The fourth-order valence-corrected chi connectivity index (χ4v) is 4.09. The summed E-state index contributed by atoms with van der Waals surface area (Å²) >= 11 is 0. The van der Waals surface area contributed by atoms with Gasteiger partial charge in [-0.3, -0.25) is 9.89 Å². The summed E-state index contributed by atoms with van der Waals surface area (Å²) < 4.78 is 0. The smallest absolute Gasteiger partial charge is 0.191 e. The number of likely N-dealkylation sites (N-methyl/N-ethyl adjacent to an activating group) is 1. The predicted octanol–water partition coefficient (Wildman–Crippen LogP) is 2.15. The van der Waals surface area contributed by atoms with E-state index in [4.69, 9.17) is 0 Å². The summed E-state index contributed by atoms with van der Waals surface area (Å²) in [4.78, 5) is 9.58. The van der Waals surface area contributed by atoms with Crippen LogP contribution in [0, 0.1) is 5.92 Å². The number of hydrogen-bond acceptors (Lipinski definition) is 3. The van der Waals surface area contributed by atoms with E-state index >= 15 is 0 Å². The minimum Gasteiger partial charge on any atom is -0.355 e. The number of likely N-dealkylation sites (tertiary alicyclic amines) is 2. The standard InChI is InChI=1S/C19H39N5/c1-16(2)18(24-12-7-5-6-8-13-24)15-22-19(20-3)21-14-17-10-9-11-23(17)4/h16-18H,5-15H2,1-4H3,(H2,20,21,22). The van der Waals surface area contributed by atoms with Gasteiger partial charge >= 0.3 is 0 Å². The maximum Gasteiger partial charge on any atom is 0.191 e. The highest BCUT2D eigenvalue weighted by Crippen LogP contribution is 2.17. The number of hydrogen-bond donors (Lipinski definition) is 2. The molecule has 5 heteroatoms. The van der Waals surface area contributed by atoms with Gasteiger partial charge in [-0.15, -0.1) is 0 Å². The van der Waals surface area contributed by atoms with Gasteiger partial charge in [-0.05, 0) is 58.3 Å². The van der Waals surface area contributed by atoms with Crippen LogP contribution in [-0.4, -0.2) is 74.7 Å². The van der Waals surface area contributed by atoms with E-state index in [9.17, 15) is 0 Å². The lowest BCUT2D eigenvalue weighted by Gasteiger charge is -2.34. The van der Waals surface area contributed by atoms with Gasteiger partial charge in [-0.1, -0.05) is 26.7 Å². The van der Waals surface area contributed by atoms with Gasteiger partial charge in [0.15, 0.2) is 5.96 Å². The van der Waals surface area contributed by atoms with Gasteiger partial charge in [-0.2, -0.15) is 0 Å². The molecule has 5 nitrogen and oxygen atoms in total. The molecule has 0 aliphatic carbocycles. The van der Waals surface area contributed by atoms with Crippen molar-refractivity contribution in [2.45, 2.75) is 64.5 Å². The Bertz CT molecular complexity index is 374. The number of aliphatic imine (C=N–C) groups is 1. The van der Waals surface area contributed by atoms with Crippen molar-refractivity contribution in [1.29, 1.82) is 0 Å². The first-order valence-corrected chi connectivity index (χ1v) is 10.0. The lowest BCUT2D eigenvalue weighted by Crippen LogP contribution is -2.51. The Morgan fingerprint density at radius 3 is 2.29 bits per heavy atom. The molecule has 0 spiro atoms. The highest BCUT2D eigenvalue weighted by Gasteiger charge is 2.24. The molecular weight excluding hydrogens is 298 g/mol. The Labute approximate surface area is 149 Å². The van der Waals surface area contributed by atoms with E-state index in [0.717, 1.165) is 19.0 Å². The van der Waals surface area contributed by atoms with Crippen molar-refractivity contribution in [3.05, 3.63) is 0 Å². The molecule has 2 aliphatic heterocycles. The zero-order valence-electron chi connectivity index (χ0n) is 16.4. The average molecular weight is 338 g/mol. The van der Waals surface area contributed by atoms with E-state index in [1.54, 1.807) is 0 Å². The summed E-state index contributed by atoms with van der Waals surface area (Å²) in [6.45, 7) is 10.4. The Balaban J connectivity index is 1.80. The van der Waals surface area contributed by atoms with Crippen LogP contribution in [0.5, 0.6) is 0 Å². The Morgan fingerprint density at radius 2 is 1.75 bits per heavy atom. The van der Waals surface area contributed by atoms with Gasteiger partial charge in [0.1, 0.15) is 0 Å². The molecule has 0 aromatic carbocycles. The van der Waals surface area contributed by atoms with E-state index in [1.165, 1.54) is 58.2 Å². The average Bonchev–Trinajstić information content (AvgIpc) is 2.81. The lowest BCUT2D eigenvalue weighted by atomic mass is 10.0. The highest BCUT2D eigenvalue weighted by atomic mass is 15.2. The van der Waals surface area contributed by atoms with Gasteiger partial charge in [0.2, 0.25) is 0 Å². The second-order valence-corrected chi connectivity index (χ2v) is 7.87. The van der Waals surface area contributed by atoms with Gasteiger partial charge in [-0.25, -0.2) is 0 Å². The second kappa shape index (κ2) is 10.2. The van der Waals surface area contributed by atoms with Gasteiger partial charge in [0.25, 0.3) is 0 Å². The molecule has 0 saturated carbocycles. The molecule has 2 rings (SSSR count). The number of guanidine groups is 1. The fourth-order valence-electron chi connectivity index (χ4n) is 4.09. The van der Waals surface area contributed by atoms with Crippen LogP contribution in [-0.2, 0) is 0 Å². The Kier molecular flexibility index (Phi) is 8.33. The van der Waals surface area contributed by atoms with Crippen molar-refractivity contribution >= 4 is 5.96 Å². The molecule has 2 heterocycles. The molecule has 2 N–H and O–H groups in total. The Hall–Kier alpha value is -0.810. The first-order valence-electron chi connectivity index (χ1n) is 10.0. The summed E-state index contributed by atoms with van der Waals surface area (Å²) in [5, 5.41) is 7.12. The SMILES string of the molecule is CN=C(NCC1CCCN1C)NCC(C(C)C)N1CCCCCC1. The molecule has 140 valence electrons. The third-order valence-corrected chi connectivity index (χ3v) is 5.76. The monoisotopic (exact) mass is 337 g/mol. The van der Waals surface area contributed by atoms with E-state index in [-0.39, 0.29) is 0 Å². The lowest BCUT2D eigenvalue weighted by molar-refractivity contribution is 0.161. The molecule has 0 amide bonds. The maximum atomic E-state index is 4.43. The minimum atomic E-state index is 0.593. The van der Waals surface area contributed by atoms with Gasteiger partial charge < -0.3 is 15.5 Å². The maximum absolute atomic E-state index is 4.43. The molecule has 2 aliphatic rings. The van der Waals surface area contributed by atoms with Crippen molar-refractivity contribution in [2.75, 3.05) is 46.8 Å². The molecule has 0 aromatic heterocycles. The van der Waals surface area contributed by atoms with E-state index in [2.05, 4.69) is 46.3 Å². The van der Waals surface area contributed by atoms with Crippen molar-refractivity contribution in [2.24, 2.45) is 10.9 Å². The highest BCUT2D eigenvalue weighted by molar-refractivity contribution is 5.79. The van der Waals surface area contributed by atoms with Crippen LogP contribution in [0.3, 0.4) is 0 Å². The first-order chi connectivity index (χ1) is 11.6. The van der Waals surface area contributed by atoms with E-state index < -0.39 is 0 Å². The number of rotatable bonds is 6. The summed E-state index contributed by atoms with van der Waals surface area (Å²) in [5.41, 5.74) is 0. The molecule has 2 atom stereocenters. The first kappa shape index (κ1) is 19.5. The third-order valence-electron chi connectivity index (χ3n) is 5.76. The summed E-state index contributed by atoms with van der Waals surface area (Å²) in [7, 11) is 4.10. The van der Waals surface area contributed by atoms with Crippen LogP contribution < -0.4 is 10.6 Å². The topological polar surface area (TPSA) is 42.9 Å². The zero-order chi connectivity index (χ0) is 17.4. The van der Waals surface area contributed by atoms with Crippen LogP contribution in [0.2, 0.25) is 0 Å². The van der Waals surface area contributed by atoms with Crippen LogP contribution in [0.4, 0.5) is 0 Å². The van der Waals surface area contributed by atoms with Crippen LogP contribution in [0.1, 0.15) is 52.4 Å². The zero-order valence-corrected chi connectivity index (χ0v) is 16.4. The van der Waals surface area contributed by atoms with Gasteiger partial charge in [0.05, 0.1) is 0 Å². The summed E-state index contributed by atoms with van der Waals surface area (Å²) in [6, 6.07) is 1.24. The van der Waals surface area contributed by atoms with Crippen LogP contribution in [0.15, 0.2) is 4.99 Å². The molecular formula is C19H39N5. The van der Waals surface area contributed by atoms with Gasteiger partial charge in [0, 0.05) is 32.2 Å². The summed E-state index contributed by atoms with van der Waals surface area (Å²) in [6.07, 6.45) is 8.11. The minimum absolute atomic E-state index is 0.593. The second-order valence-electron chi connectivity index (χ2n) is 7.87. The van der Waals surface area contributed by atoms with Crippen LogP contribution in [0.25, 0.3) is 0 Å². The van der Waals surface area contributed by atoms with Crippen molar-refractivity contribution in [3.8, 4) is 0 Å². The normalized spacial score (nSPS) is 25.7. The van der Waals surface area contributed by atoms with E-state index in [0.29, 0.717) is 18.0 Å². The van der Waals surface area contributed by atoms with Crippen molar-refractivity contribution in [1.82, 2.24) is 20.4 Å².